The van der Waals surface area contributed by atoms with Crippen LogP contribution in [0.1, 0.15) is 12.5 Å². The van der Waals surface area contributed by atoms with E-state index in [2.05, 4.69) is 0 Å². The molecule has 0 aliphatic heterocycles. The topological polar surface area (TPSA) is 44.8 Å². The van der Waals surface area contributed by atoms with E-state index in [1.54, 1.807) is 13.0 Å². The lowest BCUT2D eigenvalue weighted by Gasteiger charge is -2.09. The van der Waals surface area contributed by atoms with Gasteiger partial charge in [-0.1, -0.05) is 30.3 Å². The number of carbonyl (C=O) groups is 1. The number of hydrogen-bond donors (Lipinski definition) is 0. The van der Waals surface area contributed by atoms with Crippen molar-refractivity contribution in [2.75, 3.05) is 20.8 Å². The quantitative estimate of drug-likeness (QED) is 0.342. The third-order valence-electron chi connectivity index (χ3n) is 2.32. The summed E-state index contributed by atoms with van der Waals surface area (Å²) < 4.78 is 15.2. The summed E-state index contributed by atoms with van der Waals surface area (Å²) in [7, 11) is 3.00. The van der Waals surface area contributed by atoms with E-state index in [1.165, 1.54) is 20.3 Å². The molecule has 0 atom stereocenters. The summed E-state index contributed by atoms with van der Waals surface area (Å²) in [6.07, 6.45) is 3.05. The Labute approximate surface area is 113 Å². The van der Waals surface area contributed by atoms with Gasteiger partial charge in [0.2, 0.25) is 0 Å². The van der Waals surface area contributed by atoms with Gasteiger partial charge >= 0.3 is 5.97 Å². The zero-order valence-corrected chi connectivity index (χ0v) is 11.4. The molecule has 0 aliphatic carbocycles. The average molecular weight is 262 g/mol. The van der Waals surface area contributed by atoms with Crippen molar-refractivity contribution in [1.82, 2.24) is 0 Å². The van der Waals surface area contributed by atoms with Crippen LogP contribution >= 0.6 is 0 Å². The highest BCUT2D eigenvalue weighted by Crippen LogP contribution is 2.16. The maximum atomic E-state index is 11.4. The average Bonchev–Trinajstić information content (AvgIpc) is 2.44. The molecule has 0 fully saturated rings. The molecule has 1 rings (SSSR count). The molecule has 0 N–H and O–H groups in total. The minimum Gasteiger partial charge on any atom is -0.493 e. The molecule has 0 bridgehead atoms. The van der Waals surface area contributed by atoms with E-state index in [1.807, 2.05) is 30.3 Å². The summed E-state index contributed by atoms with van der Waals surface area (Å²) in [6.45, 7) is 2.06. The summed E-state index contributed by atoms with van der Waals surface area (Å²) in [6, 6.07) is 9.62. The molecule has 0 aromatic heterocycles. The Morgan fingerprint density at radius 1 is 1.11 bits per heavy atom. The van der Waals surface area contributed by atoms with E-state index in [-0.39, 0.29) is 0 Å². The fourth-order valence-electron chi connectivity index (χ4n) is 1.45. The second kappa shape index (κ2) is 7.97. The lowest BCUT2D eigenvalue weighted by Crippen LogP contribution is -2.04. The van der Waals surface area contributed by atoms with Crippen molar-refractivity contribution in [3.8, 4) is 0 Å². The Morgan fingerprint density at radius 3 is 2.26 bits per heavy atom. The zero-order chi connectivity index (χ0) is 14.1. The molecular formula is C15H18O4. The van der Waals surface area contributed by atoms with E-state index in [0.29, 0.717) is 18.1 Å². The van der Waals surface area contributed by atoms with Gasteiger partial charge < -0.3 is 14.2 Å². The largest absolute Gasteiger partial charge is 0.493 e. The van der Waals surface area contributed by atoms with E-state index in [0.717, 1.165) is 5.56 Å². The van der Waals surface area contributed by atoms with E-state index >= 15 is 0 Å². The van der Waals surface area contributed by atoms with Crippen LogP contribution in [0.15, 0.2) is 47.9 Å². The van der Waals surface area contributed by atoms with Crippen LogP contribution in [0.25, 0.3) is 6.08 Å². The number of esters is 1. The minimum atomic E-state index is -0.463. The Morgan fingerprint density at radius 2 is 1.74 bits per heavy atom. The predicted octanol–water partition coefficient (Wildman–Crippen LogP) is 2.77. The molecule has 0 radical (unpaired) electrons. The van der Waals surface area contributed by atoms with Crippen molar-refractivity contribution in [2.45, 2.75) is 6.92 Å². The Bertz CT molecular complexity index is 460. The van der Waals surface area contributed by atoms with Gasteiger partial charge in [0.15, 0.2) is 11.5 Å². The van der Waals surface area contributed by atoms with Crippen molar-refractivity contribution in [3.05, 3.63) is 53.5 Å². The van der Waals surface area contributed by atoms with Crippen LogP contribution in [0.5, 0.6) is 0 Å². The summed E-state index contributed by atoms with van der Waals surface area (Å²) in [5, 5.41) is 0. The zero-order valence-electron chi connectivity index (χ0n) is 11.4. The van der Waals surface area contributed by atoms with Gasteiger partial charge in [0.1, 0.15) is 0 Å². The molecule has 4 nitrogen and oxygen atoms in total. The highest BCUT2D eigenvalue weighted by Gasteiger charge is 2.09. The van der Waals surface area contributed by atoms with Crippen LogP contribution in [0, 0.1) is 0 Å². The lowest BCUT2D eigenvalue weighted by atomic mass is 10.2. The van der Waals surface area contributed by atoms with Crippen molar-refractivity contribution < 1.29 is 19.0 Å². The number of rotatable bonds is 6. The monoisotopic (exact) mass is 262 g/mol. The SMILES string of the molecule is CCOC(=O)C=C(OC)C(=Cc1ccccc1)OC. The number of carbonyl (C=O) groups excluding carboxylic acids is 1. The summed E-state index contributed by atoms with van der Waals surface area (Å²) in [5.41, 5.74) is 0.950. The van der Waals surface area contributed by atoms with Gasteiger partial charge in [-0.2, -0.15) is 0 Å². The van der Waals surface area contributed by atoms with Gasteiger partial charge in [-0.25, -0.2) is 4.79 Å². The van der Waals surface area contributed by atoms with Gasteiger partial charge in [-0.05, 0) is 18.6 Å². The van der Waals surface area contributed by atoms with Gasteiger partial charge in [0, 0.05) is 0 Å². The predicted molar refractivity (Wildman–Crippen MR) is 73.2 cm³/mol. The van der Waals surface area contributed by atoms with Gasteiger partial charge in [-0.3, -0.25) is 0 Å². The molecule has 0 unspecified atom stereocenters. The second-order valence-electron chi connectivity index (χ2n) is 3.59. The molecule has 0 saturated carbocycles. The molecule has 0 saturated heterocycles. The molecule has 0 heterocycles. The molecule has 4 heteroatoms. The minimum absolute atomic E-state index is 0.317. The summed E-state index contributed by atoms with van der Waals surface area (Å²) in [5.74, 6) is 0.321. The van der Waals surface area contributed by atoms with Crippen LogP contribution in [0.4, 0.5) is 0 Å². The first kappa shape index (κ1) is 14.8. The van der Waals surface area contributed by atoms with Gasteiger partial charge in [-0.15, -0.1) is 0 Å². The van der Waals surface area contributed by atoms with Crippen LogP contribution in [-0.4, -0.2) is 26.8 Å². The van der Waals surface area contributed by atoms with Crippen LogP contribution < -0.4 is 0 Å². The third kappa shape index (κ3) is 4.87. The summed E-state index contributed by atoms with van der Waals surface area (Å²) >= 11 is 0. The maximum absolute atomic E-state index is 11.4. The molecule has 0 amide bonds. The normalized spacial score (nSPS) is 11.9. The highest BCUT2D eigenvalue weighted by molar-refractivity contribution is 5.83. The van der Waals surface area contributed by atoms with Crippen molar-refractivity contribution in [1.29, 1.82) is 0 Å². The van der Waals surface area contributed by atoms with Crippen LogP contribution in [-0.2, 0) is 19.0 Å². The van der Waals surface area contributed by atoms with E-state index < -0.39 is 5.97 Å². The van der Waals surface area contributed by atoms with E-state index in [9.17, 15) is 4.79 Å². The molecule has 0 spiro atoms. The first-order valence-corrected chi connectivity index (χ1v) is 5.94. The molecule has 19 heavy (non-hydrogen) atoms. The fraction of sp³-hybridized carbons (Fsp3) is 0.267. The Hall–Kier alpha value is -2.23. The van der Waals surface area contributed by atoms with Gasteiger partial charge in [0.05, 0.1) is 26.9 Å². The third-order valence-corrected chi connectivity index (χ3v) is 2.32. The first-order chi connectivity index (χ1) is 9.21. The second-order valence-corrected chi connectivity index (χ2v) is 3.59. The molecule has 102 valence electrons. The van der Waals surface area contributed by atoms with Crippen LogP contribution in [0.3, 0.4) is 0 Å². The molecule has 1 aromatic carbocycles. The number of hydrogen-bond acceptors (Lipinski definition) is 4. The fourth-order valence-corrected chi connectivity index (χ4v) is 1.45. The van der Waals surface area contributed by atoms with Crippen LogP contribution in [0.2, 0.25) is 0 Å². The molecule has 1 aromatic rings. The molecular weight excluding hydrogens is 244 g/mol. The summed E-state index contributed by atoms with van der Waals surface area (Å²) in [4.78, 5) is 11.4. The number of methoxy groups -OCH3 is 2. The smallest absolute Gasteiger partial charge is 0.334 e. The number of benzene rings is 1. The first-order valence-electron chi connectivity index (χ1n) is 5.94. The van der Waals surface area contributed by atoms with E-state index in [4.69, 9.17) is 14.2 Å². The van der Waals surface area contributed by atoms with Gasteiger partial charge in [0.25, 0.3) is 0 Å². The maximum Gasteiger partial charge on any atom is 0.334 e. The Balaban J connectivity index is 2.99. The Kier molecular flexibility index (Phi) is 6.22. The number of ether oxygens (including phenoxy) is 3. The van der Waals surface area contributed by atoms with Crippen molar-refractivity contribution in [3.63, 3.8) is 0 Å². The van der Waals surface area contributed by atoms with Crippen molar-refractivity contribution >= 4 is 12.0 Å². The molecule has 0 aliphatic rings. The van der Waals surface area contributed by atoms with Crippen molar-refractivity contribution in [2.24, 2.45) is 0 Å². The highest BCUT2D eigenvalue weighted by atomic mass is 16.5. The standard InChI is InChI=1S/C15H18O4/c1-4-19-15(16)11-14(18-3)13(17-2)10-12-8-6-5-7-9-12/h5-11H,4H2,1-3H3. The lowest BCUT2D eigenvalue weighted by molar-refractivity contribution is -0.137.